The first-order valence-corrected chi connectivity index (χ1v) is 6.91. The maximum Gasteiger partial charge on any atom is 0.243 e. The zero-order valence-electron chi connectivity index (χ0n) is 12.2. The molecule has 0 saturated heterocycles. The molecular weight excluding hydrogens is 297 g/mol. The summed E-state index contributed by atoms with van der Waals surface area (Å²) in [5.41, 5.74) is 7.95. The van der Waals surface area contributed by atoms with E-state index in [0.29, 0.717) is 16.6 Å². The first-order chi connectivity index (χ1) is 11.2. The van der Waals surface area contributed by atoms with Crippen LogP contribution in [0.3, 0.4) is 0 Å². The van der Waals surface area contributed by atoms with Crippen LogP contribution in [0.15, 0.2) is 42.7 Å². The average molecular weight is 309 g/mol. The van der Waals surface area contributed by atoms with Gasteiger partial charge in [-0.25, -0.2) is 8.91 Å². The zero-order chi connectivity index (χ0) is 16.0. The molecule has 0 aliphatic carbocycles. The Hall–Kier alpha value is -3.22. The monoisotopic (exact) mass is 309 g/mol. The molecule has 23 heavy (non-hydrogen) atoms. The summed E-state index contributed by atoms with van der Waals surface area (Å²) in [6.07, 6.45) is 2.98. The van der Waals surface area contributed by atoms with Gasteiger partial charge in [0, 0.05) is 11.6 Å². The SMILES string of the molecule is COc1nc(N)nn2cc(F)c(-c3ccc4ncccc4c3)c12. The van der Waals surface area contributed by atoms with Crippen LogP contribution >= 0.6 is 0 Å². The normalized spacial score (nSPS) is 11.2. The van der Waals surface area contributed by atoms with Crippen LogP contribution in [0, 0.1) is 5.82 Å². The van der Waals surface area contributed by atoms with Crippen LogP contribution in [0.5, 0.6) is 5.88 Å². The smallest absolute Gasteiger partial charge is 0.243 e. The van der Waals surface area contributed by atoms with Crippen LogP contribution in [-0.4, -0.2) is 26.7 Å². The van der Waals surface area contributed by atoms with Gasteiger partial charge < -0.3 is 10.5 Å². The molecule has 0 saturated carbocycles. The lowest BCUT2D eigenvalue weighted by molar-refractivity contribution is 0.400. The van der Waals surface area contributed by atoms with E-state index in [1.165, 1.54) is 17.8 Å². The topological polar surface area (TPSA) is 78.3 Å². The second-order valence-electron chi connectivity index (χ2n) is 5.04. The highest BCUT2D eigenvalue weighted by Crippen LogP contribution is 2.34. The van der Waals surface area contributed by atoms with E-state index in [9.17, 15) is 4.39 Å². The predicted octanol–water partition coefficient (Wildman–Crippen LogP) is 2.67. The minimum absolute atomic E-state index is 0.0126. The molecule has 0 spiro atoms. The highest BCUT2D eigenvalue weighted by Gasteiger charge is 2.19. The van der Waals surface area contributed by atoms with Gasteiger partial charge in [0.05, 0.1) is 24.4 Å². The minimum Gasteiger partial charge on any atom is -0.479 e. The van der Waals surface area contributed by atoms with Gasteiger partial charge in [0.2, 0.25) is 11.8 Å². The molecule has 0 radical (unpaired) electrons. The number of hydrogen-bond acceptors (Lipinski definition) is 5. The highest BCUT2D eigenvalue weighted by atomic mass is 19.1. The Bertz CT molecular complexity index is 1040. The van der Waals surface area contributed by atoms with Crippen LogP contribution < -0.4 is 10.5 Å². The number of pyridine rings is 1. The minimum atomic E-state index is -0.425. The van der Waals surface area contributed by atoms with Gasteiger partial charge in [0.1, 0.15) is 5.52 Å². The molecule has 1 aromatic carbocycles. The van der Waals surface area contributed by atoms with E-state index in [-0.39, 0.29) is 11.8 Å². The van der Waals surface area contributed by atoms with Crippen LogP contribution in [0.25, 0.3) is 27.5 Å². The number of hydrogen-bond donors (Lipinski definition) is 1. The van der Waals surface area contributed by atoms with E-state index in [1.807, 2.05) is 30.3 Å². The lowest BCUT2D eigenvalue weighted by Gasteiger charge is -2.07. The number of methoxy groups -OCH3 is 1. The van der Waals surface area contributed by atoms with Crippen LogP contribution in [0.1, 0.15) is 0 Å². The number of nitrogens with zero attached hydrogens (tertiary/aromatic N) is 4. The van der Waals surface area contributed by atoms with Crippen molar-refractivity contribution in [3.05, 3.63) is 48.5 Å². The number of fused-ring (bicyclic) bond motifs is 2. The molecule has 6 nitrogen and oxygen atoms in total. The lowest BCUT2D eigenvalue weighted by Crippen LogP contribution is -2.03. The number of rotatable bonds is 2. The lowest BCUT2D eigenvalue weighted by atomic mass is 10.0. The van der Waals surface area contributed by atoms with Crippen molar-refractivity contribution in [2.45, 2.75) is 0 Å². The molecule has 0 unspecified atom stereocenters. The van der Waals surface area contributed by atoms with Crippen molar-refractivity contribution in [3.8, 4) is 17.0 Å². The molecule has 0 aliphatic heterocycles. The molecule has 4 rings (SSSR count). The Labute approximate surface area is 130 Å². The third-order valence-corrected chi connectivity index (χ3v) is 3.65. The third-order valence-electron chi connectivity index (χ3n) is 3.65. The van der Waals surface area contributed by atoms with Crippen LogP contribution in [0.4, 0.5) is 10.3 Å². The van der Waals surface area contributed by atoms with E-state index >= 15 is 0 Å². The van der Waals surface area contributed by atoms with Gasteiger partial charge in [0.25, 0.3) is 0 Å². The van der Waals surface area contributed by atoms with Gasteiger partial charge in [0.15, 0.2) is 5.82 Å². The molecule has 0 atom stereocenters. The largest absolute Gasteiger partial charge is 0.479 e. The number of benzene rings is 1. The fourth-order valence-corrected chi connectivity index (χ4v) is 2.69. The fourth-order valence-electron chi connectivity index (χ4n) is 2.69. The number of ether oxygens (including phenoxy) is 1. The molecule has 3 heterocycles. The van der Waals surface area contributed by atoms with Crippen molar-refractivity contribution < 1.29 is 9.13 Å². The summed E-state index contributed by atoms with van der Waals surface area (Å²) in [5, 5.41) is 4.92. The van der Waals surface area contributed by atoms with E-state index in [0.717, 1.165) is 10.9 Å². The van der Waals surface area contributed by atoms with E-state index in [4.69, 9.17) is 10.5 Å². The number of halogens is 1. The summed E-state index contributed by atoms with van der Waals surface area (Å²) < 4.78 is 21.1. The summed E-state index contributed by atoms with van der Waals surface area (Å²) >= 11 is 0. The maximum absolute atomic E-state index is 14.5. The van der Waals surface area contributed by atoms with Crippen molar-refractivity contribution in [1.29, 1.82) is 0 Å². The number of nitrogens with two attached hydrogens (primary N) is 1. The standard InChI is InChI=1S/C16H12FN5O/c1-23-15-14-13(11(17)8-22(14)21-16(18)20-15)10-4-5-12-9(7-10)3-2-6-19-12/h2-8H,1H3,(H2,18,21). The fraction of sp³-hybridized carbons (Fsp3) is 0.0625. The van der Waals surface area contributed by atoms with E-state index < -0.39 is 5.82 Å². The van der Waals surface area contributed by atoms with E-state index in [2.05, 4.69) is 15.1 Å². The van der Waals surface area contributed by atoms with Crippen LogP contribution in [-0.2, 0) is 0 Å². The number of anilines is 1. The van der Waals surface area contributed by atoms with Crippen molar-refractivity contribution in [2.24, 2.45) is 0 Å². The van der Waals surface area contributed by atoms with Gasteiger partial charge in [-0.2, -0.15) is 4.98 Å². The summed E-state index contributed by atoms with van der Waals surface area (Å²) in [4.78, 5) is 8.30. The Balaban J connectivity index is 2.05. The summed E-state index contributed by atoms with van der Waals surface area (Å²) in [5.74, 6) is -0.187. The summed E-state index contributed by atoms with van der Waals surface area (Å²) in [6, 6.07) is 9.29. The number of nitrogen functional groups attached to an aromatic ring is 1. The second kappa shape index (κ2) is 4.91. The molecule has 3 aromatic heterocycles. The molecule has 0 fully saturated rings. The molecule has 0 bridgehead atoms. The molecule has 7 heteroatoms. The van der Waals surface area contributed by atoms with Gasteiger partial charge in [-0.3, -0.25) is 4.98 Å². The molecule has 0 amide bonds. The Morgan fingerprint density at radius 2 is 2.13 bits per heavy atom. The van der Waals surface area contributed by atoms with Crippen molar-refractivity contribution >= 4 is 22.4 Å². The van der Waals surface area contributed by atoms with Crippen molar-refractivity contribution in [3.63, 3.8) is 0 Å². The Morgan fingerprint density at radius 3 is 2.96 bits per heavy atom. The second-order valence-corrected chi connectivity index (χ2v) is 5.04. The van der Waals surface area contributed by atoms with Gasteiger partial charge in [-0.05, 0) is 23.8 Å². The zero-order valence-corrected chi connectivity index (χ0v) is 12.2. The van der Waals surface area contributed by atoms with Crippen LogP contribution in [0.2, 0.25) is 0 Å². The molecule has 2 N–H and O–H groups in total. The quantitative estimate of drug-likeness (QED) is 0.616. The van der Waals surface area contributed by atoms with Gasteiger partial charge in [-0.15, -0.1) is 5.10 Å². The highest BCUT2D eigenvalue weighted by molar-refractivity contribution is 5.90. The molecule has 114 valence electrons. The summed E-state index contributed by atoms with van der Waals surface area (Å²) in [7, 11) is 1.46. The molecule has 4 aromatic rings. The van der Waals surface area contributed by atoms with E-state index in [1.54, 1.807) is 6.20 Å². The Kier molecular flexibility index (Phi) is 2.87. The first kappa shape index (κ1) is 13.4. The van der Waals surface area contributed by atoms with Gasteiger partial charge in [-0.1, -0.05) is 12.1 Å². The van der Waals surface area contributed by atoms with Crippen molar-refractivity contribution in [1.82, 2.24) is 19.6 Å². The maximum atomic E-state index is 14.5. The van der Waals surface area contributed by atoms with Crippen molar-refractivity contribution in [2.75, 3.05) is 12.8 Å². The average Bonchev–Trinajstić information content (AvgIpc) is 2.89. The Morgan fingerprint density at radius 1 is 1.26 bits per heavy atom. The van der Waals surface area contributed by atoms with Gasteiger partial charge >= 0.3 is 0 Å². The summed E-state index contributed by atoms with van der Waals surface area (Å²) in [6.45, 7) is 0. The molecular formula is C16H12FN5O. The predicted molar refractivity (Wildman–Crippen MR) is 84.6 cm³/mol. The molecule has 0 aliphatic rings. The third kappa shape index (κ3) is 2.05. The first-order valence-electron chi connectivity index (χ1n) is 6.91. The number of aromatic nitrogens is 4.